The highest BCUT2D eigenvalue weighted by molar-refractivity contribution is 7.12. The third kappa shape index (κ3) is 4.03. The molecule has 1 aromatic carbocycles. The molecule has 0 bridgehead atoms. The summed E-state index contributed by atoms with van der Waals surface area (Å²) in [6.07, 6.45) is 1.07. The molecule has 26 heavy (non-hydrogen) atoms. The van der Waals surface area contributed by atoms with Crippen LogP contribution in [0.15, 0.2) is 35.7 Å². The van der Waals surface area contributed by atoms with Crippen LogP contribution in [0.2, 0.25) is 5.02 Å². The lowest BCUT2D eigenvalue weighted by Gasteiger charge is -2.31. The average molecular weight is 394 g/mol. The Morgan fingerprint density at radius 2 is 2.00 bits per heavy atom. The number of non-ortho nitro benzene ring substituents is 1. The highest BCUT2D eigenvalue weighted by Gasteiger charge is 2.28. The normalized spacial score (nSPS) is 14.9. The second kappa shape index (κ2) is 7.84. The van der Waals surface area contributed by atoms with E-state index >= 15 is 0 Å². The van der Waals surface area contributed by atoms with Gasteiger partial charge in [0.1, 0.15) is 0 Å². The van der Waals surface area contributed by atoms with Gasteiger partial charge in [0.15, 0.2) is 0 Å². The van der Waals surface area contributed by atoms with Crippen LogP contribution in [0.25, 0.3) is 0 Å². The second-order valence-corrected chi connectivity index (χ2v) is 7.31. The minimum atomic E-state index is -0.541. The molecule has 9 heteroatoms. The number of nitro benzene ring substituents is 1. The minimum absolute atomic E-state index is 0.0133. The van der Waals surface area contributed by atoms with Gasteiger partial charge in [-0.3, -0.25) is 19.7 Å². The van der Waals surface area contributed by atoms with Crippen molar-refractivity contribution in [3.63, 3.8) is 0 Å². The third-order valence-corrected chi connectivity index (χ3v) is 5.49. The summed E-state index contributed by atoms with van der Waals surface area (Å²) in [5.41, 5.74) is 0.0871. The number of hydrogen-bond acceptors (Lipinski definition) is 5. The molecular formula is C17H16ClN3O4S. The van der Waals surface area contributed by atoms with Crippen molar-refractivity contribution in [3.8, 4) is 0 Å². The van der Waals surface area contributed by atoms with E-state index in [4.69, 9.17) is 11.6 Å². The molecule has 1 saturated heterocycles. The third-order valence-electron chi connectivity index (χ3n) is 4.30. The summed E-state index contributed by atoms with van der Waals surface area (Å²) in [6.45, 7) is 0.995. The molecule has 1 fully saturated rings. The van der Waals surface area contributed by atoms with E-state index in [1.807, 2.05) is 11.4 Å². The first kappa shape index (κ1) is 18.3. The fourth-order valence-corrected chi connectivity index (χ4v) is 3.71. The lowest BCUT2D eigenvalue weighted by atomic mass is 9.95. The van der Waals surface area contributed by atoms with Crippen LogP contribution in [-0.2, 0) is 4.79 Å². The number of benzene rings is 1. The Bertz CT molecular complexity index is 833. The highest BCUT2D eigenvalue weighted by atomic mass is 35.5. The Labute approximate surface area is 158 Å². The number of nitro groups is 1. The van der Waals surface area contributed by atoms with Crippen molar-refractivity contribution in [2.45, 2.75) is 12.8 Å². The monoisotopic (exact) mass is 393 g/mol. The van der Waals surface area contributed by atoms with Gasteiger partial charge < -0.3 is 10.2 Å². The Kier molecular flexibility index (Phi) is 5.53. The smallest absolute Gasteiger partial charge is 0.271 e. The first-order valence-electron chi connectivity index (χ1n) is 8.03. The number of rotatable bonds is 4. The molecule has 3 rings (SSSR count). The van der Waals surface area contributed by atoms with E-state index < -0.39 is 4.92 Å². The molecule has 1 aliphatic rings. The van der Waals surface area contributed by atoms with Gasteiger partial charge in [0, 0.05) is 31.1 Å². The van der Waals surface area contributed by atoms with E-state index in [2.05, 4.69) is 5.32 Å². The summed E-state index contributed by atoms with van der Waals surface area (Å²) in [5, 5.41) is 15.6. The molecule has 0 unspecified atom stereocenters. The van der Waals surface area contributed by atoms with Crippen molar-refractivity contribution in [1.29, 1.82) is 0 Å². The number of nitrogens with zero attached hydrogens (tertiary/aromatic N) is 2. The molecule has 1 aromatic heterocycles. The molecule has 0 spiro atoms. The zero-order chi connectivity index (χ0) is 18.7. The Morgan fingerprint density at radius 1 is 1.27 bits per heavy atom. The lowest BCUT2D eigenvalue weighted by Crippen LogP contribution is -2.41. The summed E-state index contributed by atoms with van der Waals surface area (Å²) in [6, 6.07) is 7.54. The molecule has 2 heterocycles. The number of likely N-dealkylation sites (tertiary alicyclic amines) is 1. The summed E-state index contributed by atoms with van der Waals surface area (Å²) < 4.78 is 0. The van der Waals surface area contributed by atoms with E-state index in [1.165, 1.54) is 29.5 Å². The molecule has 0 aliphatic carbocycles. The molecule has 2 aromatic rings. The van der Waals surface area contributed by atoms with E-state index in [0.29, 0.717) is 30.8 Å². The molecule has 136 valence electrons. The van der Waals surface area contributed by atoms with Crippen molar-refractivity contribution in [1.82, 2.24) is 4.90 Å². The Hall–Kier alpha value is -2.45. The highest BCUT2D eigenvalue weighted by Crippen LogP contribution is 2.28. The lowest BCUT2D eigenvalue weighted by molar-refractivity contribution is -0.384. The first-order chi connectivity index (χ1) is 12.5. The maximum atomic E-state index is 12.5. The van der Waals surface area contributed by atoms with E-state index in [9.17, 15) is 19.7 Å². The fraction of sp³-hybridized carbons (Fsp3) is 0.294. The van der Waals surface area contributed by atoms with Crippen molar-refractivity contribution >= 4 is 46.1 Å². The number of anilines is 1. The summed E-state index contributed by atoms with van der Waals surface area (Å²) in [7, 11) is 0. The SMILES string of the molecule is O=C(Nc1cc([N+](=O)[O-])ccc1Cl)C1CCN(C(=O)c2cccs2)CC1. The summed E-state index contributed by atoms with van der Waals surface area (Å²) >= 11 is 7.42. The van der Waals surface area contributed by atoms with Crippen LogP contribution in [0.5, 0.6) is 0 Å². The quantitative estimate of drug-likeness (QED) is 0.631. The molecular weight excluding hydrogens is 378 g/mol. The number of piperidine rings is 1. The summed E-state index contributed by atoms with van der Waals surface area (Å²) in [5.74, 6) is -0.520. The van der Waals surface area contributed by atoms with Crippen LogP contribution in [0.3, 0.4) is 0 Å². The van der Waals surface area contributed by atoms with Crippen molar-refractivity contribution < 1.29 is 14.5 Å². The van der Waals surface area contributed by atoms with Crippen molar-refractivity contribution in [2.24, 2.45) is 5.92 Å². The molecule has 0 saturated carbocycles. The molecule has 2 amide bonds. The maximum absolute atomic E-state index is 12.5. The van der Waals surface area contributed by atoms with Gasteiger partial charge in [-0.25, -0.2) is 0 Å². The van der Waals surface area contributed by atoms with Gasteiger partial charge >= 0.3 is 0 Å². The van der Waals surface area contributed by atoms with Gasteiger partial charge in [-0.1, -0.05) is 17.7 Å². The van der Waals surface area contributed by atoms with Crippen molar-refractivity contribution in [3.05, 3.63) is 55.7 Å². The van der Waals surface area contributed by atoms with E-state index in [0.717, 1.165) is 0 Å². The topological polar surface area (TPSA) is 92.5 Å². The molecule has 1 aliphatic heterocycles. The van der Waals surface area contributed by atoms with Gasteiger partial charge in [-0.2, -0.15) is 0 Å². The number of thiophene rings is 1. The van der Waals surface area contributed by atoms with Gasteiger partial charge in [0.25, 0.3) is 11.6 Å². The number of nitrogens with one attached hydrogen (secondary N) is 1. The van der Waals surface area contributed by atoms with E-state index in [-0.39, 0.29) is 34.1 Å². The Balaban J connectivity index is 1.60. The molecule has 7 nitrogen and oxygen atoms in total. The van der Waals surface area contributed by atoms with Gasteiger partial charge in [-0.15, -0.1) is 11.3 Å². The van der Waals surface area contributed by atoms with Crippen molar-refractivity contribution in [2.75, 3.05) is 18.4 Å². The minimum Gasteiger partial charge on any atom is -0.338 e. The number of carbonyl (C=O) groups excluding carboxylic acids is 2. The van der Waals surface area contributed by atoms with Crippen LogP contribution in [-0.4, -0.2) is 34.7 Å². The predicted octanol–water partition coefficient (Wildman–Crippen LogP) is 3.80. The Morgan fingerprint density at radius 3 is 2.62 bits per heavy atom. The van der Waals surface area contributed by atoms with E-state index in [1.54, 1.807) is 11.0 Å². The van der Waals surface area contributed by atoms with Crippen LogP contribution in [0.4, 0.5) is 11.4 Å². The summed E-state index contributed by atoms with van der Waals surface area (Å²) in [4.78, 5) is 37.6. The molecule has 1 N–H and O–H groups in total. The predicted molar refractivity (Wildman–Crippen MR) is 99.7 cm³/mol. The van der Waals surface area contributed by atoms with Gasteiger partial charge in [0.2, 0.25) is 5.91 Å². The molecule has 0 radical (unpaired) electrons. The second-order valence-electron chi connectivity index (χ2n) is 5.95. The largest absolute Gasteiger partial charge is 0.338 e. The zero-order valence-electron chi connectivity index (χ0n) is 13.7. The van der Waals surface area contributed by atoms with Crippen LogP contribution >= 0.6 is 22.9 Å². The maximum Gasteiger partial charge on any atom is 0.271 e. The standard InChI is InChI=1S/C17H16ClN3O4S/c18-13-4-3-12(21(24)25)10-14(13)19-16(22)11-5-7-20(8-6-11)17(23)15-2-1-9-26-15/h1-4,9-11H,5-8H2,(H,19,22). The molecule has 0 atom stereocenters. The van der Waals surface area contributed by atoms with Gasteiger partial charge in [0.05, 0.1) is 20.5 Å². The van der Waals surface area contributed by atoms with Gasteiger partial charge in [-0.05, 0) is 30.4 Å². The number of hydrogen-bond donors (Lipinski definition) is 1. The average Bonchev–Trinajstić information content (AvgIpc) is 3.17. The van der Waals surface area contributed by atoms with Crippen LogP contribution in [0.1, 0.15) is 22.5 Å². The van der Waals surface area contributed by atoms with Crippen LogP contribution < -0.4 is 5.32 Å². The van der Waals surface area contributed by atoms with Crippen LogP contribution in [0, 0.1) is 16.0 Å². The first-order valence-corrected chi connectivity index (χ1v) is 9.29. The fourth-order valence-electron chi connectivity index (χ4n) is 2.86. The zero-order valence-corrected chi connectivity index (χ0v) is 15.3. The number of amides is 2. The number of carbonyl (C=O) groups is 2. The number of halogens is 1.